The van der Waals surface area contributed by atoms with Gasteiger partial charge in [-0.15, -0.1) is 24.0 Å². The van der Waals surface area contributed by atoms with Crippen LogP contribution in [0, 0.1) is 11.6 Å². The molecule has 1 saturated heterocycles. The molecule has 0 saturated carbocycles. The number of nitrogens with one attached hydrogen (secondary N) is 2. The Bertz CT molecular complexity index is 790. The second kappa shape index (κ2) is 12.8. The molecular formula is C23H31F2IN4. The van der Waals surface area contributed by atoms with E-state index in [4.69, 9.17) is 0 Å². The third-order valence-electron chi connectivity index (χ3n) is 5.30. The Labute approximate surface area is 195 Å². The number of likely N-dealkylation sites (tertiary alicyclic amines) is 1. The molecule has 0 spiro atoms. The lowest BCUT2D eigenvalue weighted by molar-refractivity contribution is 0.198. The number of guanidine groups is 1. The summed E-state index contributed by atoms with van der Waals surface area (Å²) in [5.74, 6) is 0.450. The number of halogens is 3. The summed E-state index contributed by atoms with van der Waals surface area (Å²) in [6.45, 7) is 3.66. The predicted octanol–water partition coefficient (Wildman–Crippen LogP) is 4.35. The molecule has 0 amide bonds. The summed E-state index contributed by atoms with van der Waals surface area (Å²) in [5.41, 5.74) is 2.16. The largest absolute Gasteiger partial charge is 0.356 e. The van der Waals surface area contributed by atoms with Crippen LogP contribution >= 0.6 is 24.0 Å². The lowest BCUT2D eigenvalue weighted by Gasteiger charge is -2.33. The van der Waals surface area contributed by atoms with Gasteiger partial charge in [0.15, 0.2) is 5.96 Å². The molecule has 0 unspecified atom stereocenters. The van der Waals surface area contributed by atoms with E-state index in [0.29, 0.717) is 6.04 Å². The van der Waals surface area contributed by atoms with Crippen molar-refractivity contribution in [3.63, 3.8) is 0 Å². The Balaban J connectivity index is 0.00000320. The number of aliphatic imine (C=N–C) groups is 1. The number of rotatable bonds is 7. The number of hydrogen-bond acceptors (Lipinski definition) is 2. The van der Waals surface area contributed by atoms with Crippen molar-refractivity contribution >= 4 is 29.9 Å². The Hall–Kier alpha value is -1.74. The Kier molecular flexibility index (Phi) is 10.5. The SMILES string of the molecule is CN=C(NCCCc1cccc(F)c1)NC1CCN(Cc2ccc(F)cc2)CC1.I. The minimum atomic E-state index is -0.188. The van der Waals surface area contributed by atoms with Crippen LogP contribution < -0.4 is 10.6 Å². The zero-order valence-corrected chi connectivity index (χ0v) is 19.7. The van der Waals surface area contributed by atoms with Crippen molar-refractivity contribution in [3.8, 4) is 0 Å². The van der Waals surface area contributed by atoms with E-state index in [1.165, 1.54) is 18.2 Å². The molecule has 2 N–H and O–H groups in total. The first-order valence-corrected chi connectivity index (χ1v) is 10.3. The molecule has 0 aromatic heterocycles. The van der Waals surface area contributed by atoms with Gasteiger partial charge in [-0.3, -0.25) is 9.89 Å². The highest BCUT2D eigenvalue weighted by molar-refractivity contribution is 14.0. The van der Waals surface area contributed by atoms with Crippen molar-refractivity contribution in [2.24, 2.45) is 4.99 Å². The van der Waals surface area contributed by atoms with E-state index >= 15 is 0 Å². The molecule has 0 aliphatic carbocycles. The Morgan fingerprint density at radius 1 is 1.03 bits per heavy atom. The number of nitrogens with zero attached hydrogens (tertiary/aromatic N) is 2. The van der Waals surface area contributed by atoms with Crippen LogP contribution in [-0.2, 0) is 13.0 Å². The van der Waals surface area contributed by atoms with Gasteiger partial charge in [0, 0.05) is 39.3 Å². The molecular weight excluding hydrogens is 497 g/mol. The van der Waals surface area contributed by atoms with Gasteiger partial charge >= 0.3 is 0 Å². The minimum absolute atomic E-state index is 0. The topological polar surface area (TPSA) is 39.7 Å². The summed E-state index contributed by atoms with van der Waals surface area (Å²) in [6, 6.07) is 13.9. The zero-order chi connectivity index (χ0) is 20.5. The maximum absolute atomic E-state index is 13.2. The van der Waals surface area contributed by atoms with Crippen molar-refractivity contribution in [1.29, 1.82) is 0 Å². The summed E-state index contributed by atoms with van der Waals surface area (Å²) < 4.78 is 26.3. The molecule has 3 rings (SSSR count). The fraction of sp³-hybridized carbons (Fsp3) is 0.435. The highest BCUT2D eigenvalue weighted by Crippen LogP contribution is 2.14. The molecule has 1 aliphatic heterocycles. The second-order valence-electron chi connectivity index (χ2n) is 7.55. The molecule has 4 nitrogen and oxygen atoms in total. The molecule has 0 radical (unpaired) electrons. The van der Waals surface area contributed by atoms with Crippen LogP contribution in [-0.4, -0.2) is 43.6 Å². The normalized spacial score (nSPS) is 15.5. The zero-order valence-electron chi connectivity index (χ0n) is 17.4. The summed E-state index contributed by atoms with van der Waals surface area (Å²) in [6.07, 6.45) is 3.85. The third kappa shape index (κ3) is 8.18. The van der Waals surface area contributed by atoms with Crippen LogP contribution in [0.15, 0.2) is 53.5 Å². The maximum Gasteiger partial charge on any atom is 0.191 e. The van der Waals surface area contributed by atoms with Gasteiger partial charge in [-0.1, -0.05) is 24.3 Å². The van der Waals surface area contributed by atoms with Crippen LogP contribution in [0.3, 0.4) is 0 Å². The smallest absolute Gasteiger partial charge is 0.191 e. The Morgan fingerprint density at radius 3 is 2.43 bits per heavy atom. The standard InChI is InChI=1S/C23H30F2N4.HI/c1-26-23(27-13-3-5-18-4-2-6-21(25)16-18)28-22-11-14-29(15-12-22)17-19-7-9-20(24)10-8-19;/h2,4,6-10,16,22H,3,5,11-15,17H2,1H3,(H2,26,27,28);1H. The van der Waals surface area contributed by atoms with E-state index in [2.05, 4.69) is 20.5 Å². The van der Waals surface area contributed by atoms with Crippen molar-refractivity contribution in [2.45, 2.75) is 38.3 Å². The summed E-state index contributed by atoms with van der Waals surface area (Å²) in [4.78, 5) is 6.72. The molecule has 2 aromatic carbocycles. The first kappa shape index (κ1) is 24.5. The number of benzene rings is 2. The lowest BCUT2D eigenvalue weighted by atomic mass is 10.0. The van der Waals surface area contributed by atoms with E-state index in [9.17, 15) is 8.78 Å². The van der Waals surface area contributed by atoms with E-state index in [-0.39, 0.29) is 35.6 Å². The van der Waals surface area contributed by atoms with E-state index in [0.717, 1.165) is 68.9 Å². The molecule has 1 aliphatic rings. The fourth-order valence-electron chi connectivity index (χ4n) is 3.66. The van der Waals surface area contributed by atoms with Gasteiger partial charge < -0.3 is 10.6 Å². The number of hydrogen-bond donors (Lipinski definition) is 2. The predicted molar refractivity (Wildman–Crippen MR) is 129 cm³/mol. The molecule has 0 atom stereocenters. The molecule has 1 fully saturated rings. The van der Waals surface area contributed by atoms with Crippen molar-refractivity contribution in [2.75, 3.05) is 26.7 Å². The average Bonchev–Trinajstić information content (AvgIpc) is 2.73. The van der Waals surface area contributed by atoms with E-state index in [1.54, 1.807) is 19.2 Å². The van der Waals surface area contributed by atoms with Crippen molar-refractivity contribution < 1.29 is 8.78 Å². The van der Waals surface area contributed by atoms with Gasteiger partial charge in [0.1, 0.15) is 11.6 Å². The average molecular weight is 528 g/mol. The summed E-state index contributed by atoms with van der Waals surface area (Å²) in [7, 11) is 1.78. The minimum Gasteiger partial charge on any atom is -0.356 e. The fourth-order valence-corrected chi connectivity index (χ4v) is 3.66. The van der Waals surface area contributed by atoms with Crippen LogP contribution in [0.2, 0.25) is 0 Å². The Morgan fingerprint density at radius 2 is 1.77 bits per heavy atom. The van der Waals surface area contributed by atoms with Gasteiger partial charge in [0.25, 0.3) is 0 Å². The van der Waals surface area contributed by atoms with Gasteiger partial charge in [-0.2, -0.15) is 0 Å². The number of piperidine rings is 1. The molecule has 1 heterocycles. The van der Waals surface area contributed by atoms with Gasteiger partial charge in [-0.25, -0.2) is 8.78 Å². The third-order valence-corrected chi connectivity index (χ3v) is 5.30. The lowest BCUT2D eigenvalue weighted by Crippen LogP contribution is -2.48. The maximum atomic E-state index is 13.2. The summed E-state index contributed by atoms with van der Waals surface area (Å²) in [5, 5.41) is 6.86. The van der Waals surface area contributed by atoms with Crippen LogP contribution in [0.1, 0.15) is 30.4 Å². The first-order chi connectivity index (χ1) is 14.1. The summed E-state index contributed by atoms with van der Waals surface area (Å²) >= 11 is 0. The van der Waals surface area contributed by atoms with Gasteiger partial charge in [-0.05, 0) is 61.1 Å². The van der Waals surface area contributed by atoms with E-state index < -0.39 is 0 Å². The monoisotopic (exact) mass is 528 g/mol. The second-order valence-corrected chi connectivity index (χ2v) is 7.55. The van der Waals surface area contributed by atoms with Gasteiger partial charge in [0.05, 0.1) is 0 Å². The van der Waals surface area contributed by atoms with Crippen LogP contribution in [0.5, 0.6) is 0 Å². The van der Waals surface area contributed by atoms with Crippen LogP contribution in [0.25, 0.3) is 0 Å². The molecule has 0 bridgehead atoms. The highest BCUT2D eigenvalue weighted by atomic mass is 127. The van der Waals surface area contributed by atoms with E-state index in [1.807, 2.05) is 18.2 Å². The van der Waals surface area contributed by atoms with Crippen molar-refractivity contribution in [3.05, 3.63) is 71.3 Å². The number of aryl methyl sites for hydroxylation is 1. The molecule has 7 heteroatoms. The quantitative estimate of drug-likeness (QED) is 0.243. The highest BCUT2D eigenvalue weighted by Gasteiger charge is 2.20. The first-order valence-electron chi connectivity index (χ1n) is 10.3. The van der Waals surface area contributed by atoms with Gasteiger partial charge in [0.2, 0.25) is 0 Å². The molecule has 2 aromatic rings. The molecule has 30 heavy (non-hydrogen) atoms. The van der Waals surface area contributed by atoms with Crippen LogP contribution in [0.4, 0.5) is 8.78 Å². The van der Waals surface area contributed by atoms with Crippen molar-refractivity contribution in [1.82, 2.24) is 15.5 Å². The molecule has 164 valence electrons.